The van der Waals surface area contributed by atoms with E-state index in [1.165, 1.54) is 51.1 Å². The molecule has 0 bridgehead atoms. The summed E-state index contributed by atoms with van der Waals surface area (Å²) < 4.78 is 0. The van der Waals surface area contributed by atoms with Gasteiger partial charge in [0, 0.05) is 39.3 Å². The second-order valence-corrected chi connectivity index (χ2v) is 5.86. The summed E-state index contributed by atoms with van der Waals surface area (Å²) in [5, 5.41) is 0. The topological polar surface area (TPSA) is 6.48 Å². The Hall–Kier alpha value is -1.12. The van der Waals surface area contributed by atoms with Crippen molar-refractivity contribution in [1.82, 2.24) is 9.80 Å². The molecule has 102 valence electrons. The van der Waals surface area contributed by atoms with E-state index >= 15 is 0 Å². The van der Waals surface area contributed by atoms with Crippen LogP contribution >= 0.6 is 0 Å². The van der Waals surface area contributed by atoms with Crippen molar-refractivity contribution >= 4 is 6.08 Å². The largest absolute Gasteiger partial charge is 0.301 e. The highest BCUT2D eigenvalue weighted by Crippen LogP contribution is 2.29. The zero-order valence-corrected chi connectivity index (χ0v) is 11.7. The second kappa shape index (κ2) is 6.36. The zero-order valence-electron chi connectivity index (χ0n) is 11.7. The predicted octanol–water partition coefficient (Wildman–Crippen LogP) is 2.73. The summed E-state index contributed by atoms with van der Waals surface area (Å²) in [6.07, 6.45) is 7.47. The molecule has 0 atom stereocenters. The molecule has 1 aromatic rings. The van der Waals surface area contributed by atoms with Crippen molar-refractivity contribution in [2.45, 2.75) is 12.8 Å². The van der Waals surface area contributed by atoms with E-state index in [9.17, 15) is 0 Å². The van der Waals surface area contributed by atoms with Crippen LogP contribution in [0.25, 0.3) is 6.08 Å². The lowest BCUT2D eigenvalue weighted by Gasteiger charge is -2.34. The van der Waals surface area contributed by atoms with E-state index in [0.717, 1.165) is 12.5 Å². The maximum atomic E-state index is 2.65. The third kappa shape index (κ3) is 4.19. The van der Waals surface area contributed by atoms with Crippen LogP contribution in [0.1, 0.15) is 18.4 Å². The fourth-order valence-corrected chi connectivity index (χ4v) is 2.72. The van der Waals surface area contributed by atoms with E-state index in [1.807, 2.05) is 0 Å². The highest BCUT2D eigenvalue weighted by Gasteiger charge is 2.25. The quantitative estimate of drug-likeness (QED) is 0.799. The first-order chi connectivity index (χ1) is 9.40. The van der Waals surface area contributed by atoms with Crippen LogP contribution in [0.4, 0.5) is 0 Å². The van der Waals surface area contributed by atoms with Crippen molar-refractivity contribution in [1.29, 1.82) is 0 Å². The van der Waals surface area contributed by atoms with E-state index in [4.69, 9.17) is 0 Å². The Morgan fingerprint density at radius 1 is 0.947 bits per heavy atom. The third-order valence-electron chi connectivity index (χ3n) is 4.15. The molecule has 0 unspecified atom stereocenters. The standard InChI is InChI=1S/C17H24N2/c1-2-5-16(6-3-1)7-4-10-18-11-13-19(14-12-18)15-17-8-9-17/h1-7,17H,8-15H2/b7-4-. The van der Waals surface area contributed by atoms with Crippen LogP contribution in [0, 0.1) is 5.92 Å². The van der Waals surface area contributed by atoms with Gasteiger partial charge in [0.1, 0.15) is 0 Å². The van der Waals surface area contributed by atoms with Crippen LogP contribution < -0.4 is 0 Å². The van der Waals surface area contributed by atoms with Gasteiger partial charge in [-0.05, 0) is 24.3 Å². The number of nitrogens with zero attached hydrogens (tertiary/aromatic N) is 2. The van der Waals surface area contributed by atoms with Gasteiger partial charge in [-0.15, -0.1) is 0 Å². The minimum absolute atomic E-state index is 1.03. The average Bonchev–Trinajstić information content (AvgIpc) is 3.26. The molecule has 3 rings (SSSR count). The molecule has 0 spiro atoms. The van der Waals surface area contributed by atoms with Crippen molar-refractivity contribution in [3.8, 4) is 0 Å². The van der Waals surface area contributed by atoms with Gasteiger partial charge in [0.05, 0.1) is 0 Å². The average molecular weight is 256 g/mol. The molecule has 0 amide bonds. The van der Waals surface area contributed by atoms with Crippen molar-refractivity contribution in [3.63, 3.8) is 0 Å². The van der Waals surface area contributed by atoms with Gasteiger partial charge in [-0.2, -0.15) is 0 Å². The fourth-order valence-electron chi connectivity index (χ4n) is 2.72. The molecule has 1 aliphatic heterocycles. The van der Waals surface area contributed by atoms with Gasteiger partial charge in [0.25, 0.3) is 0 Å². The van der Waals surface area contributed by atoms with Gasteiger partial charge < -0.3 is 4.90 Å². The van der Waals surface area contributed by atoms with Crippen LogP contribution in [-0.4, -0.2) is 49.1 Å². The summed E-state index contributed by atoms with van der Waals surface area (Å²) in [5.74, 6) is 1.03. The van der Waals surface area contributed by atoms with Gasteiger partial charge in [0.2, 0.25) is 0 Å². The molecule has 2 fully saturated rings. The Morgan fingerprint density at radius 3 is 2.32 bits per heavy atom. The zero-order chi connectivity index (χ0) is 12.9. The SMILES string of the molecule is C(=C/c1ccccc1)/CN1CCN(CC2CC2)CC1. The lowest BCUT2D eigenvalue weighted by molar-refractivity contribution is 0.138. The number of rotatable bonds is 5. The molecule has 1 saturated heterocycles. The van der Waals surface area contributed by atoms with Crippen LogP contribution in [0.5, 0.6) is 0 Å². The van der Waals surface area contributed by atoms with Crippen LogP contribution in [0.15, 0.2) is 36.4 Å². The van der Waals surface area contributed by atoms with E-state index in [0.29, 0.717) is 0 Å². The molecular formula is C17H24N2. The first kappa shape index (κ1) is 12.9. The van der Waals surface area contributed by atoms with Crippen molar-refractivity contribution in [3.05, 3.63) is 42.0 Å². The maximum absolute atomic E-state index is 2.65. The number of hydrogen-bond acceptors (Lipinski definition) is 2. The Balaban J connectivity index is 1.38. The van der Waals surface area contributed by atoms with Crippen molar-refractivity contribution < 1.29 is 0 Å². The second-order valence-electron chi connectivity index (χ2n) is 5.86. The van der Waals surface area contributed by atoms with Crippen LogP contribution in [0.3, 0.4) is 0 Å². The Morgan fingerprint density at radius 2 is 1.63 bits per heavy atom. The van der Waals surface area contributed by atoms with E-state index in [1.54, 1.807) is 0 Å². The Kier molecular flexibility index (Phi) is 4.31. The molecule has 1 heterocycles. The molecule has 0 aromatic heterocycles. The third-order valence-corrected chi connectivity index (χ3v) is 4.15. The minimum atomic E-state index is 1.03. The van der Waals surface area contributed by atoms with Gasteiger partial charge in [-0.1, -0.05) is 42.5 Å². The van der Waals surface area contributed by atoms with Crippen LogP contribution in [-0.2, 0) is 0 Å². The summed E-state index contributed by atoms with van der Waals surface area (Å²) in [6.45, 7) is 7.42. The van der Waals surface area contributed by atoms with E-state index < -0.39 is 0 Å². The predicted molar refractivity (Wildman–Crippen MR) is 81.1 cm³/mol. The van der Waals surface area contributed by atoms with E-state index in [2.05, 4.69) is 52.3 Å². The van der Waals surface area contributed by atoms with Gasteiger partial charge >= 0.3 is 0 Å². The smallest absolute Gasteiger partial charge is 0.0167 e. The molecule has 0 radical (unpaired) electrons. The maximum Gasteiger partial charge on any atom is 0.0167 e. The number of hydrogen-bond donors (Lipinski definition) is 0. The molecular weight excluding hydrogens is 232 g/mol. The fraction of sp³-hybridized carbons (Fsp3) is 0.529. The Labute approximate surface area is 116 Å². The number of piperazine rings is 1. The first-order valence-electron chi connectivity index (χ1n) is 7.56. The van der Waals surface area contributed by atoms with Crippen LogP contribution in [0.2, 0.25) is 0 Å². The van der Waals surface area contributed by atoms with Gasteiger partial charge in [-0.3, -0.25) is 4.90 Å². The van der Waals surface area contributed by atoms with Gasteiger partial charge in [-0.25, -0.2) is 0 Å². The minimum Gasteiger partial charge on any atom is -0.301 e. The molecule has 1 aromatic carbocycles. The molecule has 2 heteroatoms. The van der Waals surface area contributed by atoms with E-state index in [-0.39, 0.29) is 0 Å². The lowest BCUT2D eigenvalue weighted by Crippen LogP contribution is -2.46. The highest BCUT2D eigenvalue weighted by atomic mass is 15.3. The molecule has 2 nitrogen and oxygen atoms in total. The summed E-state index contributed by atoms with van der Waals surface area (Å²) in [6, 6.07) is 10.6. The normalized spacial score (nSPS) is 22.1. The van der Waals surface area contributed by atoms with Crippen molar-refractivity contribution in [2.75, 3.05) is 39.3 Å². The Bertz CT molecular complexity index is 401. The summed E-state index contributed by atoms with van der Waals surface area (Å²) in [4.78, 5) is 5.21. The number of benzene rings is 1. The monoisotopic (exact) mass is 256 g/mol. The van der Waals surface area contributed by atoms with Gasteiger partial charge in [0.15, 0.2) is 0 Å². The highest BCUT2D eigenvalue weighted by molar-refractivity contribution is 5.48. The summed E-state index contributed by atoms with van der Waals surface area (Å²) in [7, 11) is 0. The summed E-state index contributed by atoms with van der Waals surface area (Å²) in [5.41, 5.74) is 1.30. The summed E-state index contributed by atoms with van der Waals surface area (Å²) >= 11 is 0. The molecule has 1 saturated carbocycles. The molecule has 0 N–H and O–H groups in total. The molecule has 2 aliphatic rings. The first-order valence-corrected chi connectivity index (χ1v) is 7.56. The lowest BCUT2D eigenvalue weighted by atomic mass is 10.2. The molecule has 19 heavy (non-hydrogen) atoms. The van der Waals surface area contributed by atoms with Crippen molar-refractivity contribution in [2.24, 2.45) is 5.92 Å². The molecule has 1 aliphatic carbocycles.